The van der Waals surface area contributed by atoms with Crippen molar-refractivity contribution in [1.29, 1.82) is 0 Å². The van der Waals surface area contributed by atoms with Crippen LogP contribution in [0.3, 0.4) is 0 Å². The fraction of sp³-hybridized carbons (Fsp3) is 0.233. The second-order valence-electron chi connectivity index (χ2n) is 9.40. The van der Waals surface area contributed by atoms with Crippen LogP contribution in [0, 0.1) is 5.82 Å². The largest absolute Gasteiger partial charge is 0.496 e. The molecule has 0 aliphatic heterocycles. The van der Waals surface area contributed by atoms with E-state index in [1.165, 1.54) is 29.8 Å². The third kappa shape index (κ3) is 7.77. The zero-order valence-corrected chi connectivity index (χ0v) is 25.7. The van der Waals surface area contributed by atoms with E-state index in [9.17, 15) is 12.8 Å². The van der Waals surface area contributed by atoms with Crippen molar-refractivity contribution in [1.82, 2.24) is 15.0 Å². The van der Waals surface area contributed by atoms with E-state index in [0.29, 0.717) is 49.8 Å². The molecule has 43 heavy (non-hydrogen) atoms. The third-order valence-corrected chi connectivity index (χ3v) is 9.25. The lowest BCUT2D eigenvalue weighted by Crippen LogP contribution is -2.13. The Balaban J connectivity index is 1.33. The van der Waals surface area contributed by atoms with Crippen molar-refractivity contribution >= 4 is 55.2 Å². The molecule has 13 heteroatoms. The number of thiazole rings is 1. The first-order valence-corrected chi connectivity index (χ1v) is 16.3. The molecule has 0 aliphatic carbocycles. The molecule has 5 rings (SSSR count). The first-order chi connectivity index (χ1) is 20.7. The summed E-state index contributed by atoms with van der Waals surface area (Å²) in [5.74, 6) is 1.34. The number of hydrogen-bond acceptors (Lipinski definition) is 10. The molecule has 9 nitrogen and oxygen atoms in total. The van der Waals surface area contributed by atoms with Crippen LogP contribution in [0.25, 0.3) is 22.2 Å². The van der Waals surface area contributed by atoms with E-state index in [4.69, 9.17) is 25.8 Å². The van der Waals surface area contributed by atoms with E-state index in [1.807, 2.05) is 23.6 Å². The summed E-state index contributed by atoms with van der Waals surface area (Å²) in [6, 6.07) is 15.2. The van der Waals surface area contributed by atoms with Gasteiger partial charge in [-0.15, -0.1) is 11.3 Å². The number of nitrogens with one attached hydrogen (secondary N) is 1. The second kappa shape index (κ2) is 13.6. The Labute approximate surface area is 257 Å². The summed E-state index contributed by atoms with van der Waals surface area (Å²) in [5, 5.41) is 7.02. The number of methoxy groups -OCH3 is 1. The van der Waals surface area contributed by atoms with Crippen LogP contribution < -0.4 is 14.8 Å². The minimum atomic E-state index is -3.09. The fourth-order valence-corrected chi connectivity index (χ4v) is 5.79. The van der Waals surface area contributed by atoms with E-state index in [2.05, 4.69) is 20.3 Å². The molecule has 2 heterocycles. The molecular weight excluding hydrogens is 615 g/mol. The number of halogens is 2. The van der Waals surface area contributed by atoms with Crippen LogP contribution in [0.4, 0.5) is 15.9 Å². The summed E-state index contributed by atoms with van der Waals surface area (Å²) >= 11 is 7.91. The molecule has 3 aromatic carbocycles. The van der Waals surface area contributed by atoms with Crippen molar-refractivity contribution in [2.45, 2.75) is 20.1 Å². The number of ether oxygens (including phenoxy) is 3. The molecule has 0 unspecified atom stereocenters. The monoisotopic (exact) mass is 642 g/mol. The first-order valence-electron chi connectivity index (χ1n) is 13.2. The van der Waals surface area contributed by atoms with Gasteiger partial charge < -0.3 is 19.5 Å². The summed E-state index contributed by atoms with van der Waals surface area (Å²) in [5.41, 5.74) is 3.46. The average molecular weight is 643 g/mol. The van der Waals surface area contributed by atoms with Gasteiger partial charge in [0, 0.05) is 33.8 Å². The van der Waals surface area contributed by atoms with E-state index < -0.39 is 9.84 Å². The maximum absolute atomic E-state index is 13.5. The lowest BCUT2D eigenvalue weighted by Gasteiger charge is -2.13. The van der Waals surface area contributed by atoms with Crippen molar-refractivity contribution < 1.29 is 27.0 Å². The molecule has 0 radical (unpaired) electrons. The summed E-state index contributed by atoms with van der Waals surface area (Å²) in [4.78, 5) is 13.5. The van der Waals surface area contributed by atoms with Gasteiger partial charge in [-0.3, -0.25) is 0 Å². The molecule has 2 aromatic heterocycles. The third-order valence-electron chi connectivity index (χ3n) is 6.47. The van der Waals surface area contributed by atoms with Crippen LogP contribution in [0.15, 0.2) is 66.3 Å². The quantitative estimate of drug-likeness (QED) is 0.138. The normalized spacial score (nSPS) is 11.5. The number of hydrogen-bond donors (Lipinski definition) is 1. The average Bonchev–Trinajstić information content (AvgIpc) is 3.47. The Bertz CT molecular complexity index is 1850. The first kappa shape index (κ1) is 30.6. The number of rotatable bonds is 13. The van der Waals surface area contributed by atoms with Crippen LogP contribution in [0.2, 0.25) is 5.02 Å². The molecule has 0 aliphatic rings. The molecule has 0 fully saturated rings. The van der Waals surface area contributed by atoms with Gasteiger partial charge in [-0.25, -0.2) is 27.8 Å². The van der Waals surface area contributed by atoms with Gasteiger partial charge in [0.2, 0.25) is 0 Å². The molecule has 0 atom stereocenters. The highest BCUT2D eigenvalue weighted by Crippen LogP contribution is 2.37. The Morgan fingerprint density at radius 1 is 1.05 bits per heavy atom. The predicted molar refractivity (Wildman–Crippen MR) is 167 cm³/mol. The van der Waals surface area contributed by atoms with Crippen molar-refractivity contribution in [2.75, 3.05) is 30.5 Å². The van der Waals surface area contributed by atoms with E-state index in [-0.39, 0.29) is 37.1 Å². The van der Waals surface area contributed by atoms with E-state index in [1.54, 1.807) is 38.3 Å². The summed E-state index contributed by atoms with van der Waals surface area (Å²) in [7, 11) is -1.51. The van der Waals surface area contributed by atoms with Gasteiger partial charge in [-0.2, -0.15) is 0 Å². The maximum atomic E-state index is 13.5. The number of nitrogens with zero attached hydrogens (tertiary/aromatic N) is 3. The van der Waals surface area contributed by atoms with Crippen molar-refractivity contribution in [3.63, 3.8) is 0 Å². The Morgan fingerprint density at radius 3 is 2.67 bits per heavy atom. The number of benzene rings is 3. The highest BCUT2D eigenvalue weighted by molar-refractivity contribution is 7.91. The van der Waals surface area contributed by atoms with Crippen LogP contribution in [0.1, 0.15) is 17.5 Å². The summed E-state index contributed by atoms with van der Waals surface area (Å²) < 4.78 is 53.8. The predicted octanol–water partition coefficient (Wildman–Crippen LogP) is 6.83. The summed E-state index contributed by atoms with van der Waals surface area (Å²) in [6.45, 7) is 2.11. The lowest BCUT2D eigenvalue weighted by molar-refractivity contribution is 0.135. The standard InChI is InChI=1S/C30H28ClFN4O5S2/c1-3-43(37,38)10-9-40-16-29-36-26(17-42-29)22-13-23-25(14-28(22)39-2)33-18-34-30(23)35-21-7-8-27(24(31)12-21)41-15-19-5-4-6-20(32)11-19/h4-8,11-14,17-18H,3,9-10,15-16H2,1-2H3,(H,33,34,35). The molecule has 224 valence electrons. The van der Waals surface area contributed by atoms with Crippen LogP contribution >= 0.6 is 22.9 Å². The van der Waals surface area contributed by atoms with E-state index >= 15 is 0 Å². The zero-order chi connectivity index (χ0) is 30.4. The Kier molecular flexibility index (Phi) is 9.71. The SMILES string of the molecule is CCS(=O)(=O)CCOCc1nc(-c2cc3c(Nc4ccc(OCc5cccc(F)c5)c(Cl)c4)ncnc3cc2OC)cs1. The molecule has 0 bridgehead atoms. The number of anilines is 2. The van der Waals surface area contributed by atoms with Gasteiger partial charge in [-0.05, 0) is 42.0 Å². The number of fused-ring (bicyclic) bond motifs is 1. The molecular formula is C30H28ClFN4O5S2. The zero-order valence-electron chi connectivity index (χ0n) is 23.3. The number of aromatic nitrogens is 3. The highest BCUT2D eigenvalue weighted by Gasteiger charge is 2.16. The Morgan fingerprint density at radius 2 is 1.91 bits per heavy atom. The van der Waals surface area contributed by atoms with Gasteiger partial charge in [0.05, 0.1) is 42.3 Å². The second-order valence-corrected chi connectivity index (χ2v) is 13.2. The fourth-order valence-electron chi connectivity index (χ4n) is 4.16. The Hall–Kier alpha value is -3.84. The van der Waals surface area contributed by atoms with Gasteiger partial charge in [0.25, 0.3) is 0 Å². The minimum absolute atomic E-state index is 0.0219. The molecule has 0 amide bonds. The highest BCUT2D eigenvalue weighted by atomic mass is 35.5. The lowest BCUT2D eigenvalue weighted by atomic mass is 10.1. The van der Waals surface area contributed by atoms with Crippen molar-refractivity contribution in [3.8, 4) is 22.8 Å². The molecule has 0 saturated carbocycles. The van der Waals surface area contributed by atoms with Gasteiger partial charge in [-0.1, -0.05) is 30.7 Å². The topological polar surface area (TPSA) is 113 Å². The maximum Gasteiger partial charge on any atom is 0.152 e. The number of sulfone groups is 1. The van der Waals surface area contributed by atoms with Gasteiger partial charge in [0.1, 0.15) is 41.1 Å². The van der Waals surface area contributed by atoms with Crippen LogP contribution in [-0.2, 0) is 27.8 Å². The van der Waals surface area contributed by atoms with Crippen molar-refractivity contribution in [3.05, 3.63) is 87.7 Å². The summed E-state index contributed by atoms with van der Waals surface area (Å²) in [6.07, 6.45) is 1.46. The molecule has 1 N–H and O–H groups in total. The molecule has 0 spiro atoms. The van der Waals surface area contributed by atoms with Gasteiger partial charge >= 0.3 is 0 Å². The van der Waals surface area contributed by atoms with Gasteiger partial charge in [0.15, 0.2) is 9.84 Å². The minimum Gasteiger partial charge on any atom is -0.496 e. The van der Waals surface area contributed by atoms with Crippen LogP contribution in [-0.4, -0.2) is 48.6 Å². The van der Waals surface area contributed by atoms with E-state index in [0.717, 1.165) is 10.9 Å². The van der Waals surface area contributed by atoms with Crippen LogP contribution in [0.5, 0.6) is 11.5 Å². The van der Waals surface area contributed by atoms with Crippen molar-refractivity contribution in [2.24, 2.45) is 0 Å². The smallest absolute Gasteiger partial charge is 0.152 e. The molecule has 5 aromatic rings. The molecule has 0 saturated heterocycles.